The van der Waals surface area contributed by atoms with Crippen molar-refractivity contribution in [3.05, 3.63) is 34.9 Å². The number of halogens is 21. The first-order valence-corrected chi connectivity index (χ1v) is 36.8. The van der Waals surface area contributed by atoms with Crippen molar-refractivity contribution in [3.8, 4) is 0 Å². The van der Waals surface area contributed by atoms with Gasteiger partial charge in [0.05, 0.1) is 21.7 Å². The summed E-state index contributed by atoms with van der Waals surface area (Å²) in [4.78, 5) is 69.2. The zero-order chi connectivity index (χ0) is 91.2. The highest BCUT2D eigenvalue weighted by molar-refractivity contribution is 5.94. The molecule has 2 aliphatic rings. The number of ether oxygens (including phenoxy) is 5. The van der Waals surface area contributed by atoms with Crippen molar-refractivity contribution < 1.29 is 175 Å². The fraction of sp³-hybridized carbons (Fsp3) is 0.860. The molecule has 750 valence electrons. The lowest BCUT2D eigenvalue weighted by molar-refractivity contribution is -0.299. The summed E-state index contributed by atoms with van der Waals surface area (Å²) in [7, 11) is 0. The van der Waals surface area contributed by atoms with E-state index >= 15 is 0 Å². The minimum Gasteiger partial charge on any atom is -0.462 e. The minimum absolute atomic E-state index is 0. The molecule has 1 aromatic rings. The molecule has 0 bridgehead atoms. The number of alkyl halides is 21. The molecule has 11 atom stereocenters. The Bertz CT molecular complexity index is 3170. The van der Waals surface area contributed by atoms with Crippen LogP contribution in [0, 0.1) is 45.3 Å². The Morgan fingerprint density at radius 2 is 0.694 bits per heavy atom. The molecule has 0 spiro atoms. The summed E-state index contributed by atoms with van der Waals surface area (Å²) in [6.45, 7) is 30.0. The number of carbonyl (C=O) groups is 6. The number of ketones is 1. The van der Waals surface area contributed by atoms with Gasteiger partial charge in [-0.3, -0.25) is 28.8 Å². The van der Waals surface area contributed by atoms with Gasteiger partial charge in [-0.05, 0) is 229 Å². The Kier molecular flexibility index (Phi) is 61.0. The number of esters is 5. The van der Waals surface area contributed by atoms with Crippen LogP contribution in [0.2, 0.25) is 0 Å². The third-order valence-corrected chi connectivity index (χ3v) is 22.1. The lowest BCUT2D eigenvalue weighted by Gasteiger charge is -2.46. The van der Waals surface area contributed by atoms with Gasteiger partial charge in [0, 0.05) is 24.2 Å². The van der Waals surface area contributed by atoms with Crippen LogP contribution < -0.4 is 0 Å². The van der Waals surface area contributed by atoms with Crippen LogP contribution in [0.1, 0.15) is 346 Å². The molecule has 0 aliphatic heterocycles. The van der Waals surface area contributed by atoms with E-state index in [0.29, 0.717) is 73.3 Å². The maximum atomic E-state index is 13.8. The van der Waals surface area contributed by atoms with Crippen molar-refractivity contribution in [3.63, 3.8) is 0 Å². The monoisotopic (exact) mass is 1860 g/mol. The second-order valence-electron chi connectivity index (χ2n) is 33.3. The summed E-state index contributed by atoms with van der Waals surface area (Å²) in [6, 6.07) is 2.60. The predicted octanol–water partition coefficient (Wildman–Crippen LogP) is 25.4. The standard InChI is InChI=1S/C18H28F6O4.C18H28F6O3.C16H20F6O2.C12H21F3O3.C12H20O5.10CH4/c1-6-14(2,3)13(25)28-12-8-10(15(4,26)17(19,20)21)7-11(9-12)16(5,27)18(22,23)24;1-6-14(2,3)13(25)27-16(5,18(22,23)24)12-9-7-11(8-10-12)15(4,26)17(19,20)21;1-5-9(2)10-6-11(13(3,23)15(17,18)19)8-12(7-10)14(4,24)16(20,21)22;1-6-10(3,4)9(16)18-8(2)7-11(5,17)12(13,14)15;1-5-12(3,4)11(15)17-7-6-16-10(14)8-9(2)13;;;;;;;;;;/h10-12,26-27H,6-9H2,1-5H3;11-12,26H,6-10H2,1-5H3;6-9,23-24H,5H2,1-4H3;8,17H,6-7H2,1-5H3;5-8H2,1-4H3;10*1H4. The zero-order valence-corrected chi connectivity index (χ0v) is 68.7. The van der Waals surface area contributed by atoms with Gasteiger partial charge in [0.25, 0.3) is 0 Å². The molecule has 6 N–H and O–H groups in total. The van der Waals surface area contributed by atoms with E-state index in [1.54, 1.807) is 76.2 Å². The van der Waals surface area contributed by atoms with Crippen LogP contribution in [0.15, 0.2) is 18.2 Å². The van der Waals surface area contributed by atoms with E-state index in [0.717, 1.165) is 19.1 Å². The van der Waals surface area contributed by atoms with Crippen molar-refractivity contribution in [2.45, 2.75) is 424 Å². The number of carbonyl (C=O) groups excluding carboxylic acids is 6. The minimum atomic E-state index is -5.10. The molecular formula is C86H157F21O17. The number of aliphatic hydroxyl groups is 6. The topological polar surface area (TPSA) is 270 Å². The smallest absolute Gasteiger partial charge is 0.428 e. The third kappa shape index (κ3) is 39.5. The summed E-state index contributed by atoms with van der Waals surface area (Å²) in [5, 5.41) is 58.7. The van der Waals surface area contributed by atoms with Crippen LogP contribution in [-0.4, -0.2) is 163 Å². The Morgan fingerprint density at radius 3 is 0.992 bits per heavy atom. The van der Waals surface area contributed by atoms with E-state index in [1.165, 1.54) is 27.7 Å². The summed E-state index contributed by atoms with van der Waals surface area (Å²) < 4.78 is 300. The second-order valence-corrected chi connectivity index (χ2v) is 33.3. The lowest BCUT2D eigenvalue weighted by atomic mass is 9.67. The molecule has 0 heterocycles. The van der Waals surface area contributed by atoms with Crippen LogP contribution in [0.3, 0.4) is 0 Å². The van der Waals surface area contributed by atoms with Gasteiger partial charge in [0.2, 0.25) is 5.60 Å². The van der Waals surface area contributed by atoms with E-state index in [4.69, 9.17) is 23.7 Å². The van der Waals surface area contributed by atoms with Gasteiger partial charge >= 0.3 is 73.1 Å². The van der Waals surface area contributed by atoms with E-state index < -0.39 is 201 Å². The Balaban J connectivity index is -0.000000125. The van der Waals surface area contributed by atoms with Gasteiger partial charge in [0.1, 0.15) is 37.6 Å². The number of hydrogen-bond acceptors (Lipinski definition) is 17. The summed E-state index contributed by atoms with van der Waals surface area (Å²) in [6.07, 6.45) is -38.3. The van der Waals surface area contributed by atoms with Crippen molar-refractivity contribution in [1.29, 1.82) is 0 Å². The maximum Gasteiger partial charge on any atom is 0.428 e. The van der Waals surface area contributed by atoms with Crippen molar-refractivity contribution in [2.75, 3.05) is 13.2 Å². The van der Waals surface area contributed by atoms with Gasteiger partial charge in [-0.25, -0.2) is 0 Å². The van der Waals surface area contributed by atoms with Crippen LogP contribution in [-0.2, 0) is 63.7 Å². The highest BCUT2D eigenvalue weighted by atomic mass is 19.4. The van der Waals surface area contributed by atoms with E-state index in [1.807, 2.05) is 6.92 Å². The van der Waals surface area contributed by atoms with Crippen LogP contribution >= 0.6 is 0 Å². The first-order chi connectivity index (χ1) is 50.3. The molecule has 2 fully saturated rings. The summed E-state index contributed by atoms with van der Waals surface area (Å²) in [5.41, 5.74) is -26.5. The van der Waals surface area contributed by atoms with Crippen LogP contribution in [0.5, 0.6) is 0 Å². The predicted molar refractivity (Wildman–Crippen MR) is 441 cm³/mol. The van der Waals surface area contributed by atoms with E-state index in [9.17, 15) is 152 Å². The fourth-order valence-electron chi connectivity index (χ4n) is 10.6. The van der Waals surface area contributed by atoms with Gasteiger partial charge in [0.15, 0.2) is 33.6 Å². The average Bonchev–Trinajstić information content (AvgIpc) is 0.764. The van der Waals surface area contributed by atoms with Crippen molar-refractivity contribution in [2.24, 2.45) is 45.3 Å². The number of rotatable bonds is 26. The largest absolute Gasteiger partial charge is 0.462 e. The molecule has 0 radical (unpaired) electrons. The normalized spacial score (nSPS) is 20.3. The maximum absolute atomic E-state index is 13.8. The Labute approximate surface area is 725 Å². The zero-order valence-electron chi connectivity index (χ0n) is 68.7. The summed E-state index contributed by atoms with van der Waals surface area (Å²) in [5.74, 6) is -9.54. The van der Waals surface area contributed by atoms with Crippen LogP contribution in [0.25, 0.3) is 0 Å². The third-order valence-electron chi connectivity index (χ3n) is 22.1. The highest BCUT2D eigenvalue weighted by Gasteiger charge is 2.65. The van der Waals surface area contributed by atoms with E-state index in [-0.39, 0.29) is 149 Å². The molecule has 2 aliphatic carbocycles. The molecule has 0 saturated heterocycles. The molecule has 0 aromatic heterocycles. The molecule has 2 saturated carbocycles. The number of hydrogen-bond donors (Lipinski definition) is 6. The van der Waals surface area contributed by atoms with Crippen LogP contribution in [0.4, 0.5) is 92.2 Å². The molecule has 17 nitrogen and oxygen atoms in total. The SMILES string of the molecule is C.C.C.C.C.C.C.C.C.C.CCC(C)(C)C(=O)OC(C)(C1CCC(C(C)(O)C(F)(F)F)CC1)C(F)(F)F.CCC(C)(C)C(=O)OC(C)CC(C)(O)C(F)(F)F.CCC(C)(C)C(=O)OC1CC(C(C)(O)C(F)(F)F)CC(C(C)(O)C(F)(F)F)C1.CCC(C)(C)C(=O)OCCOC(=O)CC(C)=O.CCC(C)c1cc(C(C)(O)C(F)(F)F)cc(C(C)(O)C(F)(F)F)c1. The fourth-order valence-corrected chi connectivity index (χ4v) is 10.6. The van der Waals surface area contributed by atoms with Gasteiger partial charge in [-0.2, -0.15) is 92.2 Å². The number of Topliss-reactive ketones (excluding diaryl/α,β-unsaturated/α-hetero) is 1. The van der Waals surface area contributed by atoms with Gasteiger partial charge in [-0.15, -0.1) is 0 Å². The number of benzene rings is 1. The quantitative estimate of drug-likeness (QED) is 0.0165. The molecule has 3 rings (SSSR count). The molecule has 0 amide bonds. The molecule has 124 heavy (non-hydrogen) atoms. The Morgan fingerprint density at radius 1 is 0.387 bits per heavy atom. The molecule has 11 unspecified atom stereocenters. The van der Waals surface area contributed by atoms with Gasteiger partial charge < -0.3 is 54.3 Å². The second kappa shape index (κ2) is 52.4. The first kappa shape index (κ1) is 144. The van der Waals surface area contributed by atoms with Crippen molar-refractivity contribution >= 4 is 35.6 Å². The highest BCUT2D eigenvalue weighted by Crippen LogP contribution is 2.54. The van der Waals surface area contributed by atoms with Gasteiger partial charge in [-0.1, -0.05) is 128 Å². The molecule has 38 heteroatoms. The molecule has 1 aromatic carbocycles. The Hall–Kier alpha value is -5.47. The molecular weight excluding hydrogens is 1700 g/mol. The first-order valence-electron chi connectivity index (χ1n) is 36.8. The average molecular weight is 1860 g/mol. The van der Waals surface area contributed by atoms with E-state index in [2.05, 4.69) is 0 Å². The summed E-state index contributed by atoms with van der Waals surface area (Å²) >= 11 is 0. The van der Waals surface area contributed by atoms with Crippen molar-refractivity contribution in [1.82, 2.24) is 0 Å². The lowest BCUT2D eigenvalue weighted by Crippen LogP contribution is -2.57.